The molecule has 1 amide bonds. The van der Waals surface area contributed by atoms with E-state index >= 15 is 0 Å². The average molecular weight is 270 g/mol. The van der Waals surface area contributed by atoms with Gasteiger partial charge in [-0.05, 0) is 19.1 Å². The van der Waals surface area contributed by atoms with Crippen molar-refractivity contribution in [3.05, 3.63) is 28.2 Å². The van der Waals surface area contributed by atoms with Crippen LogP contribution in [0.15, 0.2) is 18.2 Å². The fraction of sp³-hybridized carbons (Fsp3) is 0.222. The number of hydrogen-bond acceptors (Lipinski definition) is 2. The summed E-state index contributed by atoms with van der Waals surface area (Å²) in [6.07, 6.45) is 0. The molecule has 1 aromatic rings. The van der Waals surface area contributed by atoms with Crippen molar-refractivity contribution < 1.29 is 4.79 Å². The van der Waals surface area contributed by atoms with Gasteiger partial charge in [-0.1, -0.05) is 29.3 Å². The largest absolute Gasteiger partial charge is 0.322 e. The monoisotopic (exact) mass is 268 g/mol. The molecule has 15 heavy (non-hydrogen) atoms. The molecule has 0 spiro atoms. The summed E-state index contributed by atoms with van der Waals surface area (Å²) in [6.45, 7) is 1.58. The summed E-state index contributed by atoms with van der Waals surface area (Å²) in [6, 6.07) is 4.39. The SMILES string of the molecule is CC(N)C(=O)Nc1c(Cl)cccc1Cl.Cl. The first-order chi connectivity index (χ1) is 6.52. The third-order valence-corrected chi connectivity index (χ3v) is 2.25. The van der Waals surface area contributed by atoms with Crippen LogP contribution < -0.4 is 11.1 Å². The molecule has 0 bridgehead atoms. The molecular weight excluding hydrogens is 258 g/mol. The molecule has 0 fully saturated rings. The van der Waals surface area contributed by atoms with Gasteiger partial charge in [0, 0.05) is 0 Å². The second-order valence-electron chi connectivity index (χ2n) is 2.87. The molecule has 0 radical (unpaired) electrons. The normalized spacial score (nSPS) is 11.5. The molecule has 0 aliphatic heterocycles. The zero-order valence-corrected chi connectivity index (χ0v) is 10.3. The van der Waals surface area contributed by atoms with E-state index in [1.165, 1.54) is 0 Å². The molecular formula is C9H11Cl3N2O. The maximum atomic E-state index is 11.3. The van der Waals surface area contributed by atoms with Crippen LogP contribution in [0.3, 0.4) is 0 Å². The van der Waals surface area contributed by atoms with Crippen molar-refractivity contribution in [2.24, 2.45) is 5.73 Å². The second-order valence-corrected chi connectivity index (χ2v) is 3.69. The van der Waals surface area contributed by atoms with Crippen LogP contribution in [0.2, 0.25) is 10.0 Å². The molecule has 1 rings (SSSR count). The number of nitrogens with one attached hydrogen (secondary N) is 1. The average Bonchev–Trinajstić information content (AvgIpc) is 2.11. The quantitative estimate of drug-likeness (QED) is 0.867. The molecule has 0 aliphatic carbocycles. The lowest BCUT2D eigenvalue weighted by Gasteiger charge is -2.10. The maximum Gasteiger partial charge on any atom is 0.241 e. The van der Waals surface area contributed by atoms with Crippen LogP contribution in [0.25, 0.3) is 0 Å². The van der Waals surface area contributed by atoms with E-state index in [1.807, 2.05) is 0 Å². The minimum atomic E-state index is -0.595. The van der Waals surface area contributed by atoms with Gasteiger partial charge in [0.1, 0.15) is 0 Å². The molecule has 3 N–H and O–H groups in total. The number of rotatable bonds is 2. The Labute approximate surface area is 104 Å². The third-order valence-electron chi connectivity index (χ3n) is 1.62. The van der Waals surface area contributed by atoms with E-state index in [9.17, 15) is 4.79 Å². The van der Waals surface area contributed by atoms with Crippen LogP contribution in [0.1, 0.15) is 6.92 Å². The summed E-state index contributed by atoms with van der Waals surface area (Å²) in [4.78, 5) is 11.3. The molecule has 6 heteroatoms. The first-order valence-corrected chi connectivity index (χ1v) is 4.78. The minimum Gasteiger partial charge on any atom is -0.322 e. The maximum absolute atomic E-state index is 11.3. The smallest absolute Gasteiger partial charge is 0.241 e. The van der Waals surface area contributed by atoms with Gasteiger partial charge in [-0.25, -0.2) is 0 Å². The van der Waals surface area contributed by atoms with Gasteiger partial charge in [0.25, 0.3) is 0 Å². The number of carbonyl (C=O) groups is 1. The lowest BCUT2D eigenvalue weighted by Crippen LogP contribution is -2.32. The molecule has 0 saturated carbocycles. The predicted molar refractivity (Wildman–Crippen MR) is 66.0 cm³/mol. The van der Waals surface area contributed by atoms with Gasteiger partial charge < -0.3 is 11.1 Å². The Morgan fingerprint density at radius 3 is 2.27 bits per heavy atom. The number of carbonyl (C=O) groups excluding carboxylic acids is 1. The van der Waals surface area contributed by atoms with Crippen molar-refractivity contribution >= 4 is 47.2 Å². The molecule has 1 atom stereocenters. The summed E-state index contributed by atoms with van der Waals surface area (Å²) >= 11 is 11.7. The van der Waals surface area contributed by atoms with Crippen LogP contribution in [-0.4, -0.2) is 11.9 Å². The summed E-state index contributed by atoms with van der Waals surface area (Å²) in [5.41, 5.74) is 5.79. The number of para-hydroxylation sites is 1. The molecule has 84 valence electrons. The lowest BCUT2D eigenvalue weighted by atomic mass is 10.3. The van der Waals surface area contributed by atoms with Crippen molar-refractivity contribution in [1.29, 1.82) is 0 Å². The zero-order chi connectivity index (χ0) is 10.7. The first kappa shape index (κ1) is 14.5. The van der Waals surface area contributed by atoms with E-state index in [0.717, 1.165) is 0 Å². The first-order valence-electron chi connectivity index (χ1n) is 4.03. The Kier molecular flexibility index (Phi) is 5.98. The zero-order valence-electron chi connectivity index (χ0n) is 7.96. The molecule has 0 heterocycles. The van der Waals surface area contributed by atoms with E-state index in [1.54, 1.807) is 25.1 Å². The van der Waals surface area contributed by atoms with Gasteiger partial charge in [-0.3, -0.25) is 4.79 Å². The summed E-state index contributed by atoms with van der Waals surface area (Å²) in [5.74, 6) is -0.319. The van der Waals surface area contributed by atoms with E-state index < -0.39 is 6.04 Å². The predicted octanol–water partition coefficient (Wildman–Crippen LogP) is 2.70. The van der Waals surface area contributed by atoms with Crippen molar-refractivity contribution in [3.8, 4) is 0 Å². The van der Waals surface area contributed by atoms with Crippen molar-refractivity contribution in [2.75, 3.05) is 5.32 Å². The van der Waals surface area contributed by atoms with Gasteiger partial charge >= 0.3 is 0 Å². The third kappa shape index (κ3) is 3.87. The van der Waals surface area contributed by atoms with E-state index in [0.29, 0.717) is 15.7 Å². The van der Waals surface area contributed by atoms with E-state index in [-0.39, 0.29) is 18.3 Å². The fourth-order valence-corrected chi connectivity index (χ4v) is 1.35. The van der Waals surface area contributed by atoms with E-state index in [4.69, 9.17) is 28.9 Å². The number of halogens is 3. The van der Waals surface area contributed by atoms with Gasteiger partial charge in [0.15, 0.2) is 0 Å². The summed E-state index contributed by atoms with van der Waals surface area (Å²) < 4.78 is 0. The highest BCUT2D eigenvalue weighted by atomic mass is 35.5. The Balaban J connectivity index is 0.00000196. The lowest BCUT2D eigenvalue weighted by molar-refractivity contribution is -0.117. The van der Waals surface area contributed by atoms with Gasteiger partial charge in [-0.2, -0.15) is 0 Å². The van der Waals surface area contributed by atoms with Crippen LogP contribution in [0.4, 0.5) is 5.69 Å². The molecule has 1 aromatic carbocycles. The summed E-state index contributed by atoms with van der Waals surface area (Å²) in [7, 11) is 0. The van der Waals surface area contributed by atoms with Crippen molar-refractivity contribution in [3.63, 3.8) is 0 Å². The number of hydrogen-bond donors (Lipinski definition) is 2. The molecule has 3 nitrogen and oxygen atoms in total. The van der Waals surface area contributed by atoms with Gasteiger partial charge in [0.2, 0.25) is 5.91 Å². The Morgan fingerprint density at radius 1 is 1.40 bits per heavy atom. The molecule has 0 aliphatic rings. The molecule has 0 saturated heterocycles. The number of anilines is 1. The second kappa shape index (κ2) is 6.18. The fourth-order valence-electron chi connectivity index (χ4n) is 0.854. The van der Waals surface area contributed by atoms with Crippen LogP contribution in [0, 0.1) is 0 Å². The Hall–Kier alpha value is -0.480. The van der Waals surface area contributed by atoms with Gasteiger partial charge in [0.05, 0.1) is 21.8 Å². The van der Waals surface area contributed by atoms with Crippen LogP contribution in [-0.2, 0) is 4.79 Å². The number of nitrogens with two attached hydrogens (primary N) is 1. The van der Waals surface area contributed by atoms with Crippen LogP contribution >= 0.6 is 35.6 Å². The highest BCUT2D eigenvalue weighted by Gasteiger charge is 2.11. The highest BCUT2D eigenvalue weighted by molar-refractivity contribution is 6.39. The topological polar surface area (TPSA) is 55.1 Å². The highest BCUT2D eigenvalue weighted by Crippen LogP contribution is 2.29. The molecule has 0 aromatic heterocycles. The number of benzene rings is 1. The standard InChI is InChI=1S/C9H10Cl2N2O.ClH/c1-5(12)9(14)13-8-6(10)3-2-4-7(8)11;/h2-5H,12H2,1H3,(H,13,14);1H. The molecule has 1 unspecified atom stereocenters. The Bertz CT molecular complexity index is 335. The van der Waals surface area contributed by atoms with E-state index in [2.05, 4.69) is 5.32 Å². The van der Waals surface area contributed by atoms with Gasteiger partial charge in [-0.15, -0.1) is 12.4 Å². The Morgan fingerprint density at radius 2 is 1.87 bits per heavy atom. The number of amides is 1. The van der Waals surface area contributed by atoms with Crippen molar-refractivity contribution in [1.82, 2.24) is 0 Å². The minimum absolute atomic E-state index is 0. The summed E-state index contributed by atoms with van der Waals surface area (Å²) in [5, 5.41) is 3.34. The van der Waals surface area contributed by atoms with Crippen LogP contribution in [0.5, 0.6) is 0 Å². The van der Waals surface area contributed by atoms with Crippen molar-refractivity contribution in [2.45, 2.75) is 13.0 Å².